The normalized spacial score (nSPS) is 19.6. The second kappa shape index (κ2) is 6.45. The third kappa shape index (κ3) is 3.03. The van der Waals surface area contributed by atoms with Crippen LogP contribution in [0.4, 0.5) is 10.2 Å². The lowest BCUT2D eigenvalue weighted by molar-refractivity contribution is -0.448. The van der Waals surface area contributed by atoms with Crippen molar-refractivity contribution in [2.45, 2.75) is 32.2 Å². The largest absolute Gasteiger partial charge is 0.476 e. The van der Waals surface area contributed by atoms with E-state index in [1.807, 2.05) is 13.1 Å². The van der Waals surface area contributed by atoms with E-state index in [1.165, 1.54) is 0 Å². The third-order valence-electron chi connectivity index (χ3n) is 5.01. The van der Waals surface area contributed by atoms with Crippen LogP contribution < -0.4 is 5.73 Å². The maximum absolute atomic E-state index is 14.6. The minimum absolute atomic E-state index is 0.207. The van der Waals surface area contributed by atoms with E-state index >= 15 is 0 Å². The Morgan fingerprint density at radius 3 is 2.86 bits per heavy atom. The molecule has 28 heavy (non-hydrogen) atoms. The summed E-state index contributed by atoms with van der Waals surface area (Å²) in [5.41, 5.74) is 7.07. The van der Waals surface area contributed by atoms with E-state index in [0.29, 0.717) is 30.6 Å². The Bertz CT molecular complexity index is 1130. The van der Waals surface area contributed by atoms with Gasteiger partial charge >= 0.3 is 17.4 Å². The number of nitrogens with one attached hydrogen (secondary N) is 1. The monoisotopic (exact) mass is 383 g/mol. The van der Waals surface area contributed by atoms with Crippen molar-refractivity contribution in [2.24, 2.45) is 5.73 Å². The number of rotatable bonds is 3. The lowest BCUT2D eigenvalue weighted by Gasteiger charge is -2.26. The van der Waals surface area contributed by atoms with Gasteiger partial charge in [0.1, 0.15) is 5.82 Å². The van der Waals surface area contributed by atoms with Gasteiger partial charge < -0.3 is 10.8 Å². The van der Waals surface area contributed by atoms with Gasteiger partial charge in [0.2, 0.25) is 5.69 Å². The molecule has 4 rings (SSSR count). The zero-order chi connectivity index (χ0) is 20.1. The number of hydrogen-bond donors (Lipinski definition) is 3. The summed E-state index contributed by atoms with van der Waals surface area (Å²) in [6.07, 6.45) is 3.11. The molecule has 9 heteroatoms. The van der Waals surface area contributed by atoms with Crippen molar-refractivity contribution in [1.82, 2.24) is 20.2 Å². The highest BCUT2D eigenvalue weighted by molar-refractivity contribution is 5.95. The number of benzene rings is 1. The predicted octanol–water partition coefficient (Wildman–Crippen LogP) is 2.39. The molecule has 0 amide bonds. The standard InChI is InChI=1S/C19H19FN6O2/c1-10-4-3-5-11(12(10)20)13-14-16(25-24-13)23-17(15(22-14)18(27)28)26-8-6-19(2,21)7-9-26/h3-5,8H,6-7,9,21H2,1-2H3,(H-,22,23,24,25,27,28)/p+1. The lowest BCUT2D eigenvalue weighted by atomic mass is 9.93. The van der Waals surface area contributed by atoms with Crippen LogP contribution in [0.5, 0.6) is 0 Å². The van der Waals surface area contributed by atoms with Gasteiger partial charge in [0, 0.05) is 23.9 Å². The van der Waals surface area contributed by atoms with Crippen LogP contribution in [-0.4, -0.2) is 54.1 Å². The predicted molar refractivity (Wildman–Crippen MR) is 101 cm³/mol. The average molecular weight is 383 g/mol. The number of hydrogen-bond acceptors (Lipinski definition) is 5. The molecule has 8 nitrogen and oxygen atoms in total. The summed E-state index contributed by atoms with van der Waals surface area (Å²) < 4.78 is 16.3. The topological polar surface area (TPSA) is 121 Å². The molecule has 0 bridgehead atoms. The molecule has 3 aromatic rings. The van der Waals surface area contributed by atoms with Crippen LogP contribution in [0.25, 0.3) is 22.4 Å². The van der Waals surface area contributed by atoms with Gasteiger partial charge in [0.25, 0.3) is 0 Å². The van der Waals surface area contributed by atoms with Crippen molar-refractivity contribution in [3.63, 3.8) is 0 Å². The molecule has 1 aliphatic heterocycles. The van der Waals surface area contributed by atoms with Crippen molar-refractivity contribution < 1.29 is 18.9 Å². The van der Waals surface area contributed by atoms with Gasteiger partial charge in [-0.1, -0.05) is 12.1 Å². The summed E-state index contributed by atoms with van der Waals surface area (Å²) >= 11 is 0. The quantitative estimate of drug-likeness (QED) is 0.597. The first-order valence-electron chi connectivity index (χ1n) is 8.90. The van der Waals surface area contributed by atoms with Crippen LogP contribution in [-0.2, 0) is 0 Å². The molecule has 0 aliphatic carbocycles. The molecule has 0 radical (unpaired) electrons. The Labute approximate surface area is 159 Å². The SMILES string of the molecule is Cc1cccc(-c2[nH]nc3nc([N+]4=CCC(C)(N)CC4)c(C(=O)O)nc23)c1F. The summed E-state index contributed by atoms with van der Waals surface area (Å²) in [7, 11) is 0. The molecule has 1 unspecified atom stereocenters. The zero-order valence-corrected chi connectivity index (χ0v) is 15.5. The number of nitrogens with zero attached hydrogens (tertiary/aromatic N) is 4. The molecule has 1 atom stereocenters. The number of aromatic amines is 1. The van der Waals surface area contributed by atoms with Crippen LogP contribution in [0.2, 0.25) is 0 Å². The molecular weight excluding hydrogens is 363 g/mol. The van der Waals surface area contributed by atoms with Crippen molar-refractivity contribution in [1.29, 1.82) is 0 Å². The molecule has 0 fully saturated rings. The molecule has 0 spiro atoms. The second-order valence-corrected chi connectivity index (χ2v) is 7.39. The fourth-order valence-corrected chi connectivity index (χ4v) is 3.28. The Hall–Kier alpha value is -3.20. The van der Waals surface area contributed by atoms with Crippen LogP contribution in [0.15, 0.2) is 18.2 Å². The van der Waals surface area contributed by atoms with Crippen LogP contribution in [0.3, 0.4) is 0 Å². The van der Waals surface area contributed by atoms with E-state index in [9.17, 15) is 14.3 Å². The van der Waals surface area contributed by atoms with Crippen molar-refractivity contribution in [3.8, 4) is 11.3 Å². The summed E-state index contributed by atoms with van der Waals surface area (Å²) in [5, 5.41) is 16.6. The van der Waals surface area contributed by atoms with Crippen LogP contribution >= 0.6 is 0 Å². The van der Waals surface area contributed by atoms with E-state index in [1.54, 1.807) is 29.7 Å². The number of carboxylic acids is 1. The van der Waals surface area contributed by atoms with E-state index < -0.39 is 11.8 Å². The Balaban J connectivity index is 1.89. The number of fused-ring (bicyclic) bond motifs is 1. The smallest absolute Gasteiger partial charge is 0.363 e. The maximum Gasteiger partial charge on any atom is 0.363 e. The van der Waals surface area contributed by atoms with E-state index in [0.717, 1.165) is 0 Å². The first-order valence-corrected chi connectivity index (χ1v) is 8.90. The van der Waals surface area contributed by atoms with Crippen molar-refractivity contribution >= 4 is 29.2 Å². The lowest BCUT2D eigenvalue weighted by Crippen LogP contribution is -2.43. The van der Waals surface area contributed by atoms with Gasteiger partial charge in [-0.15, -0.1) is 5.10 Å². The Morgan fingerprint density at radius 2 is 2.18 bits per heavy atom. The van der Waals surface area contributed by atoms with Gasteiger partial charge in [-0.25, -0.2) is 18.7 Å². The van der Waals surface area contributed by atoms with E-state index in [4.69, 9.17) is 5.73 Å². The van der Waals surface area contributed by atoms with Gasteiger partial charge in [0.05, 0.1) is 18.5 Å². The molecule has 1 aliphatic rings. The number of H-pyrrole nitrogens is 1. The highest BCUT2D eigenvalue weighted by Crippen LogP contribution is 2.30. The Morgan fingerprint density at radius 1 is 1.39 bits per heavy atom. The molecule has 144 valence electrons. The van der Waals surface area contributed by atoms with E-state index in [2.05, 4.69) is 20.2 Å². The first kappa shape index (κ1) is 18.2. The summed E-state index contributed by atoms with van der Waals surface area (Å²) in [4.78, 5) is 20.5. The number of carbonyl (C=O) groups is 1. The minimum Gasteiger partial charge on any atom is -0.476 e. The summed E-state index contributed by atoms with van der Waals surface area (Å²) in [5.74, 6) is -1.42. The fourth-order valence-electron chi connectivity index (χ4n) is 3.28. The summed E-state index contributed by atoms with van der Waals surface area (Å²) in [6, 6.07) is 4.96. The first-order chi connectivity index (χ1) is 13.3. The average Bonchev–Trinajstić information content (AvgIpc) is 3.06. The molecule has 0 saturated carbocycles. The van der Waals surface area contributed by atoms with Crippen LogP contribution in [0, 0.1) is 12.7 Å². The summed E-state index contributed by atoms with van der Waals surface area (Å²) in [6.45, 7) is 4.13. The number of nitrogens with two attached hydrogens (primary N) is 1. The molecule has 1 aromatic carbocycles. The zero-order valence-electron chi connectivity index (χ0n) is 15.5. The number of aromatic nitrogens is 4. The van der Waals surface area contributed by atoms with Crippen molar-refractivity contribution in [2.75, 3.05) is 6.54 Å². The maximum atomic E-state index is 14.6. The third-order valence-corrected chi connectivity index (χ3v) is 5.01. The molecule has 3 heterocycles. The minimum atomic E-state index is -1.21. The van der Waals surface area contributed by atoms with Gasteiger partial charge in [0.15, 0.2) is 5.52 Å². The fraction of sp³-hybridized carbons (Fsp3) is 0.316. The van der Waals surface area contributed by atoms with Gasteiger partial charge in [-0.05, 0) is 30.5 Å². The molecular formula is C19H20FN6O2+. The molecule has 2 aromatic heterocycles. The van der Waals surface area contributed by atoms with E-state index in [-0.39, 0.29) is 33.8 Å². The van der Waals surface area contributed by atoms with Gasteiger partial charge in [-0.2, -0.15) is 0 Å². The number of aromatic carboxylic acids is 1. The second-order valence-electron chi connectivity index (χ2n) is 7.39. The molecule has 4 N–H and O–H groups in total. The number of carboxylic acid groups (broad SMARTS) is 1. The molecule has 0 saturated heterocycles. The van der Waals surface area contributed by atoms with Crippen LogP contribution in [0.1, 0.15) is 35.8 Å². The van der Waals surface area contributed by atoms with Crippen molar-refractivity contribution in [3.05, 3.63) is 35.3 Å². The number of halogens is 1. The number of aryl methyl sites for hydroxylation is 1. The van der Waals surface area contributed by atoms with Gasteiger partial charge in [-0.3, -0.25) is 5.10 Å². The highest BCUT2D eigenvalue weighted by atomic mass is 19.1. The highest BCUT2D eigenvalue weighted by Gasteiger charge is 2.32. The Kier molecular flexibility index (Phi) is 4.19.